The van der Waals surface area contributed by atoms with Crippen LogP contribution in [0.4, 0.5) is 0 Å². The Bertz CT molecular complexity index is 227. The molecule has 0 saturated carbocycles. The summed E-state index contributed by atoms with van der Waals surface area (Å²) in [5.41, 5.74) is 5.84. The highest BCUT2D eigenvalue weighted by molar-refractivity contribution is 14.0. The van der Waals surface area contributed by atoms with Gasteiger partial charge in [0.25, 0.3) is 0 Å². The van der Waals surface area contributed by atoms with Crippen LogP contribution in [0.25, 0.3) is 0 Å². The first-order chi connectivity index (χ1) is 8.54. The molecule has 0 aliphatic carbocycles. The Kier molecular flexibility index (Phi) is 14.5. The normalized spacial score (nSPS) is 13.5. The number of rotatable bonds is 9. The van der Waals surface area contributed by atoms with Gasteiger partial charge in [0.15, 0.2) is 5.96 Å². The van der Waals surface area contributed by atoms with Crippen molar-refractivity contribution in [2.45, 2.75) is 53.5 Å². The van der Waals surface area contributed by atoms with Gasteiger partial charge in [0.05, 0.1) is 6.54 Å². The van der Waals surface area contributed by atoms with E-state index in [1.54, 1.807) is 0 Å². The number of halogens is 1. The Hall–Kier alpha value is -0.0400. The van der Waals surface area contributed by atoms with Crippen LogP contribution in [0.5, 0.6) is 0 Å². The predicted octanol–water partition coefficient (Wildman–Crippen LogP) is 2.68. The zero-order valence-corrected chi connectivity index (χ0v) is 15.6. The molecule has 0 aliphatic heterocycles. The third-order valence-electron chi connectivity index (χ3n) is 3.10. The third kappa shape index (κ3) is 10.4. The van der Waals surface area contributed by atoms with E-state index in [0.717, 1.165) is 32.6 Å². The predicted molar refractivity (Wildman–Crippen MR) is 96.4 cm³/mol. The second-order valence-electron chi connectivity index (χ2n) is 5.16. The van der Waals surface area contributed by atoms with Gasteiger partial charge < -0.3 is 11.1 Å². The Morgan fingerprint density at radius 2 is 1.79 bits per heavy atom. The minimum atomic E-state index is 0. The van der Waals surface area contributed by atoms with Crippen molar-refractivity contribution in [3.63, 3.8) is 0 Å². The monoisotopic (exact) mass is 384 g/mol. The maximum atomic E-state index is 5.84. The van der Waals surface area contributed by atoms with Gasteiger partial charge in [-0.05, 0) is 31.8 Å². The molecule has 0 aromatic rings. The van der Waals surface area contributed by atoms with E-state index in [2.05, 4.69) is 49.8 Å². The van der Waals surface area contributed by atoms with Crippen molar-refractivity contribution in [3.05, 3.63) is 0 Å². The molecule has 19 heavy (non-hydrogen) atoms. The van der Waals surface area contributed by atoms with E-state index in [0.29, 0.717) is 17.9 Å². The van der Waals surface area contributed by atoms with E-state index in [-0.39, 0.29) is 24.0 Å². The van der Waals surface area contributed by atoms with Crippen molar-refractivity contribution in [1.29, 1.82) is 0 Å². The number of hydrogen-bond donors (Lipinski definition) is 2. The number of aliphatic imine (C=N–C) groups is 1. The third-order valence-corrected chi connectivity index (χ3v) is 3.10. The van der Waals surface area contributed by atoms with Crippen molar-refractivity contribution >= 4 is 29.9 Å². The largest absolute Gasteiger partial charge is 0.370 e. The van der Waals surface area contributed by atoms with E-state index in [4.69, 9.17) is 5.73 Å². The SMILES string of the molecule is CCCNC(N)=NCC(CC(C)C)N(CC)CC.I. The van der Waals surface area contributed by atoms with Crippen LogP contribution in [0, 0.1) is 5.92 Å². The van der Waals surface area contributed by atoms with Crippen LogP contribution < -0.4 is 11.1 Å². The number of hydrogen-bond acceptors (Lipinski definition) is 2. The fraction of sp³-hybridized carbons (Fsp3) is 0.929. The summed E-state index contributed by atoms with van der Waals surface area (Å²) >= 11 is 0. The van der Waals surface area contributed by atoms with Crippen LogP contribution in [0.15, 0.2) is 4.99 Å². The first-order valence-corrected chi connectivity index (χ1v) is 7.32. The molecular formula is C14H33IN4. The summed E-state index contributed by atoms with van der Waals surface area (Å²) in [6.45, 7) is 14.9. The Morgan fingerprint density at radius 1 is 1.21 bits per heavy atom. The zero-order chi connectivity index (χ0) is 14.0. The average Bonchev–Trinajstić information content (AvgIpc) is 2.34. The van der Waals surface area contributed by atoms with Gasteiger partial charge in [-0.25, -0.2) is 0 Å². The fourth-order valence-electron chi connectivity index (χ4n) is 2.14. The minimum absolute atomic E-state index is 0. The van der Waals surface area contributed by atoms with Crippen molar-refractivity contribution in [2.24, 2.45) is 16.6 Å². The number of nitrogens with zero attached hydrogens (tertiary/aromatic N) is 2. The van der Waals surface area contributed by atoms with Crippen LogP contribution >= 0.6 is 24.0 Å². The fourth-order valence-corrected chi connectivity index (χ4v) is 2.14. The molecule has 116 valence electrons. The standard InChI is InChI=1S/C14H32N4.HI/c1-6-9-16-14(15)17-11-13(10-12(4)5)18(7-2)8-3;/h12-13H,6-11H2,1-5H3,(H3,15,16,17);1H. The highest BCUT2D eigenvalue weighted by Gasteiger charge is 2.16. The van der Waals surface area contributed by atoms with Gasteiger partial charge in [-0.1, -0.05) is 34.6 Å². The van der Waals surface area contributed by atoms with E-state index < -0.39 is 0 Å². The molecule has 0 radical (unpaired) electrons. The van der Waals surface area contributed by atoms with Gasteiger partial charge in [0.2, 0.25) is 0 Å². The molecule has 4 nitrogen and oxygen atoms in total. The quantitative estimate of drug-likeness (QED) is 0.365. The molecule has 0 amide bonds. The summed E-state index contributed by atoms with van der Waals surface area (Å²) in [5, 5.41) is 3.13. The Balaban J connectivity index is 0. The van der Waals surface area contributed by atoms with Gasteiger partial charge in [-0.2, -0.15) is 0 Å². The van der Waals surface area contributed by atoms with Gasteiger partial charge in [-0.15, -0.1) is 24.0 Å². The lowest BCUT2D eigenvalue weighted by molar-refractivity contribution is 0.196. The molecule has 0 rings (SSSR count). The molecule has 5 heteroatoms. The summed E-state index contributed by atoms with van der Waals surface area (Å²) in [5.74, 6) is 1.27. The van der Waals surface area contributed by atoms with Crippen molar-refractivity contribution in [3.8, 4) is 0 Å². The Labute approximate surface area is 136 Å². The summed E-state index contributed by atoms with van der Waals surface area (Å²) < 4.78 is 0. The highest BCUT2D eigenvalue weighted by Crippen LogP contribution is 2.11. The van der Waals surface area contributed by atoms with Crippen LogP contribution in [0.1, 0.15) is 47.5 Å². The van der Waals surface area contributed by atoms with E-state index in [1.165, 1.54) is 6.42 Å². The van der Waals surface area contributed by atoms with Crippen LogP contribution in [-0.2, 0) is 0 Å². The number of nitrogens with two attached hydrogens (primary N) is 1. The smallest absolute Gasteiger partial charge is 0.188 e. The number of guanidine groups is 1. The van der Waals surface area contributed by atoms with Crippen LogP contribution in [0.3, 0.4) is 0 Å². The maximum absolute atomic E-state index is 5.84. The van der Waals surface area contributed by atoms with Crippen molar-refractivity contribution in [2.75, 3.05) is 26.2 Å². The molecule has 0 fully saturated rings. The van der Waals surface area contributed by atoms with Crippen molar-refractivity contribution in [1.82, 2.24) is 10.2 Å². The second kappa shape index (κ2) is 13.0. The number of nitrogens with one attached hydrogen (secondary N) is 1. The molecular weight excluding hydrogens is 351 g/mol. The molecule has 0 spiro atoms. The topological polar surface area (TPSA) is 53.6 Å². The molecule has 3 N–H and O–H groups in total. The summed E-state index contributed by atoms with van der Waals surface area (Å²) in [7, 11) is 0. The molecule has 1 atom stereocenters. The average molecular weight is 384 g/mol. The van der Waals surface area contributed by atoms with Gasteiger partial charge in [-0.3, -0.25) is 9.89 Å². The minimum Gasteiger partial charge on any atom is -0.370 e. The Morgan fingerprint density at radius 3 is 2.21 bits per heavy atom. The summed E-state index contributed by atoms with van der Waals surface area (Å²) in [4.78, 5) is 6.94. The van der Waals surface area contributed by atoms with Crippen LogP contribution in [-0.4, -0.2) is 43.1 Å². The molecule has 0 aliphatic rings. The van der Waals surface area contributed by atoms with Crippen molar-refractivity contribution < 1.29 is 0 Å². The maximum Gasteiger partial charge on any atom is 0.188 e. The highest BCUT2D eigenvalue weighted by atomic mass is 127. The van der Waals surface area contributed by atoms with E-state index in [1.807, 2.05) is 0 Å². The van der Waals surface area contributed by atoms with E-state index >= 15 is 0 Å². The summed E-state index contributed by atoms with van der Waals surface area (Å²) in [6, 6.07) is 0.502. The van der Waals surface area contributed by atoms with Gasteiger partial charge in [0, 0.05) is 12.6 Å². The van der Waals surface area contributed by atoms with E-state index in [9.17, 15) is 0 Å². The number of likely N-dealkylation sites (N-methyl/N-ethyl adjacent to an activating group) is 1. The lowest BCUT2D eigenvalue weighted by Crippen LogP contribution is -2.40. The second-order valence-corrected chi connectivity index (χ2v) is 5.16. The first kappa shape index (κ1) is 21.3. The summed E-state index contributed by atoms with van der Waals surface area (Å²) in [6.07, 6.45) is 2.24. The van der Waals surface area contributed by atoms with Gasteiger partial charge in [0.1, 0.15) is 0 Å². The molecule has 1 unspecified atom stereocenters. The first-order valence-electron chi connectivity index (χ1n) is 7.32. The molecule has 0 bridgehead atoms. The molecule has 0 heterocycles. The van der Waals surface area contributed by atoms with Gasteiger partial charge >= 0.3 is 0 Å². The van der Waals surface area contributed by atoms with Crippen LogP contribution in [0.2, 0.25) is 0 Å². The molecule has 0 aromatic carbocycles. The molecule has 0 saturated heterocycles. The molecule has 0 aromatic heterocycles. The zero-order valence-electron chi connectivity index (χ0n) is 13.3. The lowest BCUT2D eigenvalue weighted by Gasteiger charge is -2.29. The lowest BCUT2D eigenvalue weighted by atomic mass is 10.0.